The van der Waals surface area contributed by atoms with E-state index < -0.39 is 23.6 Å². The molecule has 17 heavy (non-hydrogen) atoms. The van der Waals surface area contributed by atoms with Gasteiger partial charge in [-0.25, -0.2) is 9.97 Å². The summed E-state index contributed by atoms with van der Waals surface area (Å²) in [5.41, 5.74) is 4.28. The molecule has 0 saturated carbocycles. The second kappa shape index (κ2) is 4.56. The first-order valence-electron chi connectivity index (χ1n) is 4.83. The summed E-state index contributed by atoms with van der Waals surface area (Å²) < 4.78 is 0. The third-order valence-corrected chi connectivity index (χ3v) is 2.15. The molecule has 3 N–H and O–H groups in total. The van der Waals surface area contributed by atoms with Crippen molar-refractivity contribution in [3.63, 3.8) is 0 Å². The Hall–Kier alpha value is -2.51. The van der Waals surface area contributed by atoms with Gasteiger partial charge in [-0.3, -0.25) is 30.6 Å². The maximum absolute atomic E-state index is 11.5. The number of rotatable bonds is 3. The Bertz CT molecular complexity index is 445. The lowest BCUT2D eigenvalue weighted by molar-refractivity contribution is -0.131. The SMILES string of the molecule is O=C(CC1C(=O)NNC1=O)Nc1ncccn1. The van der Waals surface area contributed by atoms with E-state index in [-0.39, 0.29) is 12.4 Å². The van der Waals surface area contributed by atoms with Crippen molar-refractivity contribution >= 4 is 23.7 Å². The molecule has 1 aliphatic heterocycles. The maximum atomic E-state index is 11.5. The number of anilines is 1. The van der Waals surface area contributed by atoms with Crippen LogP contribution in [0.2, 0.25) is 0 Å². The summed E-state index contributed by atoms with van der Waals surface area (Å²) in [6.07, 6.45) is 2.70. The van der Waals surface area contributed by atoms with Gasteiger partial charge in [-0.1, -0.05) is 0 Å². The molecule has 1 aromatic heterocycles. The van der Waals surface area contributed by atoms with E-state index in [1.165, 1.54) is 12.4 Å². The topological polar surface area (TPSA) is 113 Å². The molecule has 0 radical (unpaired) electrons. The molecule has 1 aromatic rings. The van der Waals surface area contributed by atoms with Crippen LogP contribution >= 0.6 is 0 Å². The van der Waals surface area contributed by atoms with Gasteiger partial charge in [0, 0.05) is 18.8 Å². The molecule has 2 heterocycles. The van der Waals surface area contributed by atoms with Gasteiger partial charge in [0.1, 0.15) is 5.92 Å². The highest BCUT2D eigenvalue weighted by molar-refractivity contribution is 6.08. The van der Waals surface area contributed by atoms with E-state index >= 15 is 0 Å². The summed E-state index contributed by atoms with van der Waals surface area (Å²) in [4.78, 5) is 41.4. The first kappa shape index (κ1) is 11.0. The summed E-state index contributed by atoms with van der Waals surface area (Å²) in [6.45, 7) is 0. The number of carbonyl (C=O) groups is 3. The first-order chi connectivity index (χ1) is 8.16. The van der Waals surface area contributed by atoms with Gasteiger partial charge in [-0.15, -0.1) is 0 Å². The number of aromatic nitrogens is 2. The lowest BCUT2D eigenvalue weighted by Crippen LogP contribution is -2.28. The number of hydrogen-bond donors (Lipinski definition) is 3. The monoisotopic (exact) mass is 235 g/mol. The van der Waals surface area contributed by atoms with Crippen LogP contribution in [0.25, 0.3) is 0 Å². The van der Waals surface area contributed by atoms with E-state index in [0.717, 1.165) is 0 Å². The molecular formula is C9H9N5O3. The zero-order valence-electron chi connectivity index (χ0n) is 8.64. The van der Waals surface area contributed by atoms with Gasteiger partial charge < -0.3 is 0 Å². The van der Waals surface area contributed by atoms with Crippen molar-refractivity contribution < 1.29 is 14.4 Å². The Kier molecular flexibility index (Phi) is 2.95. The van der Waals surface area contributed by atoms with Gasteiger partial charge in [0.25, 0.3) is 11.8 Å². The predicted molar refractivity (Wildman–Crippen MR) is 55.1 cm³/mol. The summed E-state index contributed by atoms with van der Waals surface area (Å²) in [7, 11) is 0. The smallest absolute Gasteiger partial charge is 0.251 e. The van der Waals surface area contributed by atoms with Crippen molar-refractivity contribution in [3.8, 4) is 0 Å². The minimum absolute atomic E-state index is 0.135. The maximum Gasteiger partial charge on any atom is 0.251 e. The molecule has 2 rings (SSSR count). The van der Waals surface area contributed by atoms with Crippen LogP contribution in [0, 0.1) is 5.92 Å². The van der Waals surface area contributed by atoms with E-state index in [4.69, 9.17) is 0 Å². The van der Waals surface area contributed by atoms with E-state index in [2.05, 4.69) is 26.1 Å². The molecule has 1 saturated heterocycles. The molecule has 8 heteroatoms. The first-order valence-corrected chi connectivity index (χ1v) is 4.83. The second-order valence-corrected chi connectivity index (χ2v) is 3.36. The lowest BCUT2D eigenvalue weighted by Gasteiger charge is -2.04. The molecule has 0 aromatic carbocycles. The van der Waals surface area contributed by atoms with Crippen molar-refractivity contribution in [2.24, 2.45) is 5.92 Å². The Balaban J connectivity index is 1.94. The molecule has 3 amide bonds. The predicted octanol–water partition coefficient (Wildman–Crippen LogP) is -1.42. The summed E-state index contributed by atoms with van der Waals surface area (Å²) >= 11 is 0. The van der Waals surface area contributed by atoms with Gasteiger partial charge in [-0.2, -0.15) is 0 Å². The average Bonchev–Trinajstić information content (AvgIpc) is 2.62. The van der Waals surface area contributed by atoms with E-state index in [1.54, 1.807) is 6.07 Å². The van der Waals surface area contributed by atoms with E-state index in [1.807, 2.05) is 0 Å². The highest BCUT2D eigenvalue weighted by Crippen LogP contribution is 2.09. The molecule has 88 valence electrons. The molecular weight excluding hydrogens is 226 g/mol. The van der Waals surface area contributed by atoms with Crippen LogP contribution in [0.5, 0.6) is 0 Å². The Morgan fingerprint density at radius 3 is 2.41 bits per heavy atom. The van der Waals surface area contributed by atoms with E-state index in [0.29, 0.717) is 0 Å². The zero-order chi connectivity index (χ0) is 12.3. The fraction of sp³-hybridized carbons (Fsp3) is 0.222. The second-order valence-electron chi connectivity index (χ2n) is 3.36. The fourth-order valence-electron chi connectivity index (χ4n) is 1.33. The van der Waals surface area contributed by atoms with E-state index in [9.17, 15) is 14.4 Å². The third-order valence-electron chi connectivity index (χ3n) is 2.15. The number of carbonyl (C=O) groups excluding carboxylic acids is 3. The van der Waals surface area contributed by atoms with Crippen LogP contribution in [0.3, 0.4) is 0 Å². The number of hydrazine groups is 1. The number of nitrogens with zero attached hydrogens (tertiary/aromatic N) is 2. The van der Waals surface area contributed by atoms with Crippen molar-refractivity contribution in [1.29, 1.82) is 0 Å². The number of amides is 3. The standard InChI is InChI=1S/C9H9N5O3/c15-6(12-9-10-2-1-3-11-9)4-5-7(16)13-14-8(5)17/h1-3,5H,4H2,(H,13,16)(H,14,17)(H,10,11,12,15). The molecule has 8 nitrogen and oxygen atoms in total. The van der Waals surface area contributed by atoms with Crippen LogP contribution in [-0.2, 0) is 14.4 Å². The van der Waals surface area contributed by atoms with Gasteiger partial charge in [0.05, 0.1) is 0 Å². The Morgan fingerprint density at radius 2 is 1.82 bits per heavy atom. The largest absolute Gasteiger partial charge is 0.294 e. The molecule has 1 aliphatic rings. The lowest BCUT2D eigenvalue weighted by atomic mass is 10.1. The molecule has 0 unspecified atom stereocenters. The fourth-order valence-corrected chi connectivity index (χ4v) is 1.33. The molecule has 0 aliphatic carbocycles. The molecule has 0 spiro atoms. The van der Waals surface area contributed by atoms with Gasteiger partial charge >= 0.3 is 0 Å². The van der Waals surface area contributed by atoms with Crippen LogP contribution < -0.4 is 16.2 Å². The zero-order valence-corrected chi connectivity index (χ0v) is 8.64. The normalized spacial score (nSPS) is 15.3. The third kappa shape index (κ3) is 2.54. The number of hydrogen-bond acceptors (Lipinski definition) is 5. The molecule has 0 bridgehead atoms. The van der Waals surface area contributed by atoms with Gasteiger partial charge in [0.2, 0.25) is 11.9 Å². The summed E-state index contributed by atoms with van der Waals surface area (Å²) in [5.74, 6) is -2.39. The Morgan fingerprint density at radius 1 is 1.24 bits per heavy atom. The summed E-state index contributed by atoms with van der Waals surface area (Å²) in [5, 5.41) is 2.39. The average molecular weight is 235 g/mol. The minimum Gasteiger partial charge on any atom is -0.294 e. The number of nitrogens with one attached hydrogen (secondary N) is 3. The minimum atomic E-state index is -1.00. The van der Waals surface area contributed by atoms with Crippen LogP contribution in [0.1, 0.15) is 6.42 Å². The molecule has 1 fully saturated rings. The quantitative estimate of drug-likeness (QED) is 0.556. The van der Waals surface area contributed by atoms with Crippen LogP contribution in [0.4, 0.5) is 5.95 Å². The van der Waals surface area contributed by atoms with Crippen LogP contribution in [-0.4, -0.2) is 27.7 Å². The Labute approximate surface area is 95.8 Å². The van der Waals surface area contributed by atoms with Crippen molar-refractivity contribution in [2.75, 3.05) is 5.32 Å². The van der Waals surface area contributed by atoms with Crippen molar-refractivity contribution in [3.05, 3.63) is 18.5 Å². The van der Waals surface area contributed by atoms with Gasteiger partial charge in [-0.05, 0) is 6.07 Å². The van der Waals surface area contributed by atoms with Gasteiger partial charge in [0.15, 0.2) is 0 Å². The summed E-state index contributed by atoms with van der Waals surface area (Å²) in [6, 6.07) is 1.60. The highest BCUT2D eigenvalue weighted by atomic mass is 16.2. The highest BCUT2D eigenvalue weighted by Gasteiger charge is 2.34. The van der Waals surface area contributed by atoms with Crippen LogP contribution in [0.15, 0.2) is 18.5 Å². The van der Waals surface area contributed by atoms with Crippen molar-refractivity contribution in [2.45, 2.75) is 6.42 Å². The molecule has 0 atom stereocenters. The van der Waals surface area contributed by atoms with Crippen molar-refractivity contribution in [1.82, 2.24) is 20.8 Å².